The lowest BCUT2D eigenvalue weighted by atomic mass is 9.77. The fourth-order valence-corrected chi connectivity index (χ4v) is 5.42. The number of rotatable bonds is 9. The van der Waals surface area contributed by atoms with E-state index in [1.807, 2.05) is 57.7 Å². The van der Waals surface area contributed by atoms with Gasteiger partial charge in [0.1, 0.15) is 11.9 Å². The van der Waals surface area contributed by atoms with Crippen molar-refractivity contribution in [1.82, 2.24) is 10.2 Å². The predicted molar refractivity (Wildman–Crippen MR) is 155 cm³/mol. The lowest BCUT2D eigenvalue weighted by Gasteiger charge is -2.33. The van der Waals surface area contributed by atoms with Gasteiger partial charge in [-0.1, -0.05) is 26.8 Å². The first kappa shape index (κ1) is 29.6. The first-order valence-corrected chi connectivity index (χ1v) is 14.2. The molecule has 0 spiro atoms. The van der Waals surface area contributed by atoms with Gasteiger partial charge in [-0.15, -0.1) is 0 Å². The van der Waals surface area contributed by atoms with E-state index in [2.05, 4.69) is 17.4 Å². The van der Waals surface area contributed by atoms with Gasteiger partial charge in [0.25, 0.3) is 0 Å². The Balaban J connectivity index is 1.31. The molecule has 0 aromatic heterocycles. The Morgan fingerprint density at radius 3 is 2.12 bits per heavy atom. The number of hydrogen-bond acceptors (Lipinski definition) is 6. The van der Waals surface area contributed by atoms with Gasteiger partial charge in [-0.05, 0) is 85.0 Å². The van der Waals surface area contributed by atoms with E-state index in [1.165, 1.54) is 11.1 Å². The summed E-state index contributed by atoms with van der Waals surface area (Å²) in [4.78, 5) is 28.1. The van der Waals surface area contributed by atoms with Crippen molar-refractivity contribution in [1.29, 1.82) is 0 Å². The molecule has 0 fully saturated rings. The molecule has 8 heteroatoms. The lowest BCUT2D eigenvalue weighted by Crippen LogP contribution is -2.43. The maximum Gasteiger partial charge on any atom is 0.407 e. The molecule has 4 rings (SSSR count). The number of alkyl carbamates (subject to hydrolysis) is 1. The van der Waals surface area contributed by atoms with Crippen LogP contribution < -0.4 is 19.5 Å². The van der Waals surface area contributed by atoms with Gasteiger partial charge in [-0.3, -0.25) is 4.79 Å². The molecule has 1 aliphatic heterocycles. The molecule has 0 radical (unpaired) electrons. The van der Waals surface area contributed by atoms with Crippen LogP contribution in [-0.2, 0) is 28.8 Å². The average molecular weight is 553 g/mol. The first-order chi connectivity index (χ1) is 19.0. The maximum absolute atomic E-state index is 13.4. The molecule has 0 saturated heterocycles. The number of amides is 2. The van der Waals surface area contributed by atoms with E-state index in [0.29, 0.717) is 31.1 Å². The molecule has 2 aromatic rings. The molecular formula is C32H44N2O6. The molecule has 2 aromatic carbocycles. The summed E-state index contributed by atoms with van der Waals surface area (Å²) in [5.74, 6) is 2.52. The molecule has 1 heterocycles. The van der Waals surface area contributed by atoms with Crippen LogP contribution in [0.3, 0.4) is 0 Å². The van der Waals surface area contributed by atoms with Crippen molar-refractivity contribution in [2.45, 2.75) is 78.4 Å². The highest BCUT2D eigenvalue weighted by Gasteiger charge is 2.34. The third-order valence-electron chi connectivity index (χ3n) is 7.82. The summed E-state index contributed by atoms with van der Waals surface area (Å²) >= 11 is 0. The van der Waals surface area contributed by atoms with E-state index >= 15 is 0 Å². The monoisotopic (exact) mass is 552 g/mol. The third kappa shape index (κ3) is 7.01. The van der Waals surface area contributed by atoms with Gasteiger partial charge in [0.2, 0.25) is 5.91 Å². The molecule has 40 heavy (non-hydrogen) atoms. The number of carbonyl (C=O) groups is 2. The van der Waals surface area contributed by atoms with Crippen LogP contribution in [0, 0.1) is 5.41 Å². The van der Waals surface area contributed by atoms with Crippen molar-refractivity contribution < 1.29 is 28.5 Å². The van der Waals surface area contributed by atoms with E-state index in [1.54, 1.807) is 14.2 Å². The zero-order valence-electron chi connectivity index (χ0n) is 25.0. The van der Waals surface area contributed by atoms with Crippen molar-refractivity contribution in [2.24, 2.45) is 5.41 Å². The molecule has 1 N–H and O–H groups in total. The van der Waals surface area contributed by atoms with Crippen molar-refractivity contribution in [3.8, 4) is 17.2 Å². The summed E-state index contributed by atoms with van der Waals surface area (Å²) in [6, 6.07) is 10.2. The van der Waals surface area contributed by atoms with Crippen LogP contribution in [0.1, 0.15) is 69.2 Å². The van der Waals surface area contributed by atoms with Gasteiger partial charge < -0.3 is 29.2 Å². The van der Waals surface area contributed by atoms with Crippen LogP contribution in [0.15, 0.2) is 30.3 Å². The molecule has 0 saturated carbocycles. The quantitative estimate of drug-likeness (QED) is 0.455. The minimum atomic E-state index is -0.546. The maximum atomic E-state index is 13.4. The minimum absolute atomic E-state index is 0.00759. The van der Waals surface area contributed by atoms with Crippen LogP contribution in [-0.4, -0.2) is 63.0 Å². The molecule has 0 bridgehead atoms. The summed E-state index contributed by atoms with van der Waals surface area (Å²) < 4.78 is 22.5. The summed E-state index contributed by atoms with van der Waals surface area (Å²) in [7, 11) is 3.26. The molecule has 218 valence electrons. The summed E-state index contributed by atoms with van der Waals surface area (Å²) in [5.41, 5.74) is 4.43. The number of carbonyl (C=O) groups excluding carboxylic acids is 2. The minimum Gasteiger partial charge on any atom is -0.493 e. The van der Waals surface area contributed by atoms with Crippen molar-refractivity contribution in [3.05, 3.63) is 52.6 Å². The van der Waals surface area contributed by atoms with Crippen LogP contribution in [0.2, 0.25) is 0 Å². The standard InChI is InChI=1S/C32H44N2O6/c1-20(2)39-25-8-9-26-23(15-25)14-24(26)19-33-31(36)40-29(32(3,4)5)18-30(35)34-12-10-21-16-27(37-6)28(38-7)17-22(21)11-13-34/h8-9,15-17,20,24,29H,10-14,18-19H2,1-7H3,(H,33,36). The zero-order valence-corrected chi connectivity index (χ0v) is 25.0. The highest BCUT2D eigenvalue weighted by atomic mass is 16.6. The van der Waals surface area contributed by atoms with Crippen LogP contribution in [0.5, 0.6) is 17.2 Å². The van der Waals surface area contributed by atoms with Gasteiger partial charge >= 0.3 is 6.09 Å². The average Bonchev–Trinajstić information content (AvgIpc) is 3.09. The Morgan fingerprint density at radius 1 is 0.975 bits per heavy atom. The van der Waals surface area contributed by atoms with Gasteiger partial charge in [0.05, 0.1) is 26.7 Å². The second kappa shape index (κ2) is 12.4. The van der Waals surface area contributed by atoms with Gasteiger partial charge in [0.15, 0.2) is 11.5 Å². The number of ether oxygens (including phenoxy) is 4. The van der Waals surface area contributed by atoms with Crippen molar-refractivity contribution >= 4 is 12.0 Å². The van der Waals surface area contributed by atoms with Gasteiger partial charge in [0, 0.05) is 25.6 Å². The van der Waals surface area contributed by atoms with Crippen LogP contribution in [0.25, 0.3) is 0 Å². The Labute approximate surface area is 238 Å². The van der Waals surface area contributed by atoms with E-state index in [4.69, 9.17) is 18.9 Å². The Bertz CT molecular complexity index is 1180. The summed E-state index contributed by atoms with van der Waals surface area (Å²) in [6.07, 6.45) is 1.61. The number of fused-ring (bicyclic) bond motifs is 2. The lowest BCUT2D eigenvalue weighted by molar-refractivity contribution is -0.134. The number of hydrogen-bond donors (Lipinski definition) is 1. The van der Waals surface area contributed by atoms with Crippen LogP contribution in [0.4, 0.5) is 4.79 Å². The molecule has 2 unspecified atom stereocenters. The van der Waals surface area contributed by atoms with E-state index in [-0.39, 0.29) is 24.3 Å². The fraction of sp³-hybridized carbons (Fsp3) is 0.562. The molecule has 2 aliphatic rings. The number of nitrogens with zero attached hydrogens (tertiary/aromatic N) is 1. The molecule has 8 nitrogen and oxygen atoms in total. The zero-order chi connectivity index (χ0) is 29.0. The number of nitrogens with one attached hydrogen (secondary N) is 1. The van der Waals surface area contributed by atoms with Gasteiger partial charge in [-0.2, -0.15) is 0 Å². The molecule has 1 aliphatic carbocycles. The first-order valence-electron chi connectivity index (χ1n) is 14.2. The summed E-state index contributed by atoms with van der Waals surface area (Å²) in [6.45, 7) is 11.7. The van der Waals surface area contributed by atoms with E-state index in [0.717, 1.165) is 36.1 Å². The SMILES string of the molecule is COc1cc2c(cc1OC)CCN(C(=O)CC(OC(=O)NCC1Cc3cc(OC(C)C)ccc31)C(C)(C)C)CC2. The molecule has 2 amide bonds. The highest BCUT2D eigenvalue weighted by molar-refractivity contribution is 5.77. The highest BCUT2D eigenvalue weighted by Crippen LogP contribution is 2.37. The van der Waals surface area contributed by atoms with Crippen LogP contribution >= 0.6 is 0 Å². The van der Waals surface area contributed by atoms with E-state index < -0.39 is 17.6 Å². The second-order valence-corrected chi connectivity index (χ2v) is 12.1. The Kier molecular flexibility index (Phi) is 9.16. The third-order valence-corrected chi connectivity index (χ3v) is 7.82. The fourth-order valence-electron chi connectivity index (χ4n) is 5.42. The normalized spacial score (nSPS) is 17.1. The Morgan fingerprint density at radius 2 is 1.60 bits per heavy atom. The predicted octanol–water partition coefficient (Wildman–Crippen LogP) is 5.29. The van der Waals surface area contributed by atoms with Crippen molar-refractivity contribution in [3.63, 3.8) is 0 Å². The molecule has 2 atom stereocenters. The second-order valence-electron chi connectivity index (χ2n) is 12.1. The Hall–Kier alpha value is -3.42. The summed E-state index contributed by atoms with van der Waals surface area (Å²) in [5, 5.41) is 2.93. The van der Waals surface area contributed by atoms with Gasteiger partial charge in [-0.25, -0.2) is 4.79 Å². The largest absolute Gasteiger partial charge is 0.493 e. The van der Waals surface area contributed by atoms with E-state index in [9.17, 15) is 9.59 Å². The smallest absolute Gasteiger partial charge is 0.407 e. The topological polar surface area (TPSA) is 86.3 Å². The number of methoxy groups -OCH3 is 2. The van der Waals surface area contributed by atoms with Crippen molar-refractivity contribution in [2.75, 3.05) is 33.9 Å². The number of benzene rings is 2. The molecular weight excluding hydrogens is 508 g/mol.